The number of sulfonamides is 1. The van der Waals surface area contributed by atoms with Crippen LogP contribution in [0.5, 0.6) is 0 Å². The molecule has 4 nitrogen and oxygen atoms in total. The Labute approximate surface area is 102 Å². The van der Waals surface area contributed by atoms with Crippen LogP contribution in [0.15, 0.2) is 24.3 Å². The molecule has 0 aliphatic carbocycles. The molecule has 1 heterocycles. The van der Waals surface area contributed by atoms with Gasteiger partial charge in [0.2, 0.25) is 10.0 Å². The molecule has 1 aromatic rings. The van der Waals surface area contributed by atoms with Crippen molar-refractivity contribution in [3.63, 3.8) is 0 Å². The van der Waals surface area contributed by atoms with Crippen LogP contribution in [0.3, 0.4) is 0 Å². The maximum absolute atomic E-state index is 12.3. The van der Waals surface area contributed by atoms with E-state index in [0.717, 1.165) is 17.7 Å². The molecule has 1 aliphatic rings. The van der Waals surface area contributed by atoms with E-state index in [4.69, 9.17) is 5.11 Å². The smallest absolute Gasteiger partial charge is 0.240 e. The molecule has 2 rings (SSSR count). The van der Waals surface area contributed by atoms with E-state index >= 15 is 0 Å². The SMILES string of the molecule is CC1Cc2ccccc2N1S(=O)(=O)C(C)CO. The zero-order chi connectivity index (χ0) is 12.6. The average Bonchev–Trinajstić information content (AvgIpc) is 2.64. The minimum Gasteiger partial charge on any atom is -0.395 e. The maximum atomic E-state index is 12.3. The second kappa shape index (κ2) is 4.31. The molecule has 0 spiro atoms. The molecule has 0 aromatic heterocycles. The number of anilines is 1. The lowest BCUT2D eigenvalue weighted by Gasteiger charge is -2.27. The molecular formula is C12H17NO3S. The largest absolute Gasteiger partial charge is 0.395 e. The Balaban J connectivity index is 2.47. The molecule has 1 aromatic carbocycles. The highest BCUT2D eigenvalue weighted by Crippen LogP contribution is 2.35. The molecule has 17 heavy (non-hydrogen) atoms. The van der Waals surface area contributed by atoms with E-state index in [1.807, 2.05) is 31.2 Å². The summed E-state index contributed by atoms with van der Waals surface area (Å²) >= 11 is 0. The van der Waals surface area contributed by atoms with Crippen molar-refractivity contribution in [2.24, 2.45) is 0 Å². The van der Waals surface area contributed by atoms with Crippen molar-refractivity contribution in [2.45, 2.75) is 31.6 Å². The Kier molecular flexibility index (Phi) is 3.14. The monoisotopic (exact) mass is 255 g/mol. The Morgan fingerprint density at radius 3 is 2.76 bits per heavy atom. The molecular weight excluding hydrogens is 238 g/mol. The van der Waals surface area contributed by atoms with E-state index in [9.17, 15) is 8.42 Å². The Bertz CT molecular complexity index is 512. The summed E-state index contributed by atoms with van der Waals surface area (Å²) in [6.07, 6.45) is 0.730. The highest BCUT2D eigenvalue weighted by atomic mass is 32.2. The summed E-state index contributed by atoms with van der Waals surface area (Å²) in [5.41, 5.74) is 1.80. The number of hydrogen-bond donors (Lipinski definition) is 1. The lowest BCUT2D eigenvalue weighted by atomic mass is 10.1. The standard InChI is InChI=1S/C12H17NO3S/c1-9-7-11-5-3-4-6-12(11)13(9)17(15,16)10(2)8-14/h3-6,9-10,14H,7-8H2,1-2H3. The third kappa shape index (κ3) is 1.93. The number of rotatable bonds is 3. The second-order valence-electron chi connectivity index (χ2n) is 4.52. The molecule has 0 bridgehead atoms. The lowest BCUT2D eigenvalue weighted by molar-refractivity contribution is 0.295. The van der Waals surface area contributed by atoms with E-state index < -0.39 is 15.3 Å². The predicted octanol–water partition coefficient (Wildman–Crippen LogP) is 1.15. The molecule has 0 radical (unpaired) electrons. The molecule has 0 amide bonds. The van der Waals surface area contributed by atoms with Crippen molar-refractivity contribution < 1.29 is 13.5 Å². The summed E-state index contributed by atoms with van der Waals surface area (Å²) in [4.78, 5) is 0. The zero-order valence-electron chi connectivity index (χ0n) is 10.00. The number of nitrogens with zero attached hydrogens (tertiary/aromatic N) is 1. The number of benzene rings is 1. The van der Waals surface area contributed by atoms with Crippen molar-refractivity contribution >= 4 is 15.7 Å². The summed E-state index contributed by atoms with van der Waals surface area (Å²) < 4.78 is 26.1. The zero-order valence-corrected chi connectivity index (χ0v) is 10.8. The molecule has 94 valence electrons. The van der Waals surface area contributed by atoms with Gasteiger partial charge in [0.15, 0.2) is 0 Å². The first-order valence-corrected chi connectivity index (χ1v) is 7.20. The van der Waals surface area contributed by atoms with E-state index in [2.05, 4.69) is 0 Å². The van der Waals surface area contributed by atoms with Crippen molar-refractivity contribution in [1.82, 2.24) is 0 Å². The van der Waals surface area contributed by atoms with Crippen LogP contribution in [0.4, 0.5) is 5.69 Å². The first-order valence-electron chi connectivity index (χ1n) is 5.70. The number of para-hydroxylation sites is 1. The summed E-state index contributed by atoms with van der Waals surface area (Å²) in [6, 6.07) is 7.44. The fourth-order valence-electron chi connectivity index (χ4n) is 2.21. The Morgan fingerprint density at radius 1 is 1.47 bits per heavy atom. The summed E-state index contributed by atoms with van der Waals surface area (Å²) in [6.45, 7) is 3.07. The van der Waals surface area contributed by atoms with Gasteiger partial charge in [0.1, 0.15) is 5.25 Å². The first-order chi connectivity index (χ1) is 7.98. The van der Waals surface area contributed by atoms with Gasteiger partial charge < -0.3 is 5.11 Å². The van der Waals surface area contributed by atoms with E-state index in [1.54, 1.807) is 0 Å². The fraction of sp³-hybridized carbons (Fsp3) is 0.500. The van der Waals surface area contributed by atoms with Crippen molar-refractivity contribution in [3.05, 3.63) is 29.8 Å². The van der Waals surface area contributed by atoms with Gasteiger partial charge >= 0.3 is 0 Å². The van der Waals surface area contributed by atoms with Crippen LogP contribution in [0, 0.1) is 0 Å². The summed E-state index contributed by atoms with van der Waals surface area (Å²) in [5, 5.41) is 8.29. The first kappa shape index (κ1) is 12.4. The van der Waals surface area contributed by atoms with Gasteiger partial charge in [-0.25, -0.2) is 8.42 Å². The van der Waals surface area contributed by atoms with Gasteiger partial charge in [-0.15, -0.1) is 0 Å². The normalized spacial score (nSPS) is 21.4. The molecule has 5 heteroatoms. The van der Waals surface area contributed by atoms with Gasteiger partial charge in [-0.3, -0.25) is 4.31 Å². The van der Waals surface area contributed by atoms with Gasteiger partial charge in [-0.05, 0) is 31.9 Å². The van der Waals surface area contributed by atoms with E-state index in [-0.39, 0.29) is 12.6 Å². The molecule has 1 aliphatic heterocycles. The van der Waals surface area contributed by atoms with Crippen molar-refractivity contribution in [3.8, 4) is 0 Å². The second-order valence-corrected chi connectivity index (χ2v) is 6.74. The van der Waals surface area contributed by atoms with Crippen molar-refractivity contribution in [1.29, 1.82) is 0 Å². The Hall–Kier alpha value is -1.07. The number of hydrogen-bond acceptors (Lipinski definition) is 3. The number of aliphatic hydroxyl groups is 1. The average molecular weight is 255 g/mol. The molecule has 1 N–H and O–H groups in total. The predicted molar refractivity (Wildman–Crippen MR) is 67.6 cm³/mol. The number of fused-ring (bicyclic) bond motifs is 1. The highest BCUT2D eigenvalue weighted by molar-refractivity contribution is 7.93. The fourth-order valence-corrected chi connectivity index (χ4v) is 3.82. The van der Waals surface area contributed by atoms with E-state index in [1.165, 1.54) is 11.2 Å². The van der Waals surface area contributed by atoms with Crippen LogP contribution < -0.4 is 4.31 Å². The Morgan fingerprint density at radius 2 is 2.12 bits per heavy atom. The highest BCUT2D eigenvalue weighted by Gasteiger charge is 2.37. The molecule has 2 unspecified atom stereocenters. The van der Waals surface area contributed by atoms with Crippen LogP contribution in [0.25, 0.3) is 0 Å². The topological polar surface area (TPSA) is 57.6 Å². The van der Waals surface area contributed by atoms with Gasteiger partial charge in [0, 0.05) is 6.04 Å². The maximum Gasteiger partial charge on any atom is 0.240 e. The van der Waals surface area contributed by atoms with Gasteiger partial charge in [-0.1, -0.05) is 18.2 Å². The molecule has 0 saturated heterocycles. The van der Waals surface area contributed by atoms with Gasteiger partial charge in [0.25, 0.3) is 0 Å². The summed E-state index contributed by atoms with van der Waals surface area (Å²) in [7, 11) is -3.47. The third-order valence-electron chi connectivity index (χ3n) is 3.18. The third-order valence-corrected chi connectivity index (χ3v) is 5.46. The van der Waals surface area contributed by atoms with Crippen molar-refractivity contribution in [2.75, 3.05) is 10.9 Å². The molecule has 2 atom stereocenters. The van der Waals surface area contributed by atoms with Gasteiger partial charge in [0.05, 0.1) is 12.3 Å². The minimum atomic E-state index is -3.47. The lowest BCUT2D eigenvalue weighted by Crippen LogP contribution is -2.42. The van der Waals surface area contributed by atoms with Crippen LogP contribution in [-0.2, 0) is 16.4 Å². The van der Waals surface area contributed by atoms with Gasteiger partial charge in [-0.2, -0.15) is 0 Å². The van der Waals surface area contributed by atoms with Crippen LogP contribution in [0.1, 0.15) is 19.4 Å². The van der Waals surface area contributed by atoms with Crippen LogP contribution in [0.2, 0.25) is 0 Å². The number of aliphatic hydroxyl groups excluding tert-OH is 1. The van der Waals surface area contributed by atoms with Crippen LogP contribution in [-0.4, -0.2) is 31.4 Å². The molecule has 0 saturated carbocycles. The van der Waals surface area contributed by atoms with Crippen LogP contribution >= 0.6 is 0 Å². The van der Waals surface area contributed by atoms with E-state index in [0.29, 0.717) is 0 Å². The minimum absolute atomic E-state index is 0.0774. The summed E-state index contributed by atoms with van der Waals surface area (Å²) in [5.74, 6) is 0. The molecule has 0 fully saturated rings. The quantitative estimate of drug-likeness (QED) is 0.881.